The van der Waals surface area contributed by atoms with E-state index in [2.05, 4.69) is 18.9 Å². The van der Waals surface area contributed by atoms with Crippen LogP contribution in [-0.4, -0.2) is 25.0 Å². The van der Waals surface area contributed by atoms with Gasteiger partial charge in [0, 0.05) is 6.54 Å². The van der Waals surface area contributed by atoms with E-state index in [9.17, 15) is 0 Å². The topological polar surface area (TPSA) is 3.24 Å². The van der Waals surface area contributed by atoms with Crippen molar-refractivity contribution in [2.75, 3.05) is 20.1 Å². The fourth-order valence-electron chi connectivity index (χ4n) is 3.51. The van der Waals surface area contributed by atoms with Crippen LogP contribution in [0.2, 0.25) is 0 Å². The van der Waals surface area contributed by atoms with Crippen LogP contribution in [0.5, 0.6) is 0 Å². The summed E-state index contributed by atoms with van der Waals surface area (Å²) < 4.78 is 0. The van der Waals surface area contributed by atoms with E-state index in [4.69, 9.17) is 0 Å². The van der Waals surface area contributed by atoms with Gasteiger partial charge in [-0.15, -0.1) is 0 Å². The van der Waals surface area contributed by atoms with Crippen LogP contribution < -0.4 is 0 Å². The van der Waals surface area contributed by atoms with Crippen LogP contribution in [0.1, 0.15) is 79.6 Å². The van der Waals surface area contributed by atoms with Gasteiger partial charge in [0.15, 0.2) is 0 Å². The zero-order valence-corrected chi connectivity index (χ0v) is 13.9. The van der Waals surface area contributed by atoms with Gasteiger partial charge in [0.1, 0.15) is 0 Å². The minimum atomic E-state index is 0.720. The van der Waals surface area contributed by atoms with Gasteiger partial charge in [0.25, 0.3) is 0 Å². The van der Waals surface area contributed by atoms with Crippen molar-refractivity contribution in [2.24, 2.45) is 11.3 Å². The molecule has 1 saturated heterocycles. The second-order valence-electron chi connectivity index (χ2n) is 5.88. The average Bonchev–Trinajstić information content (AvgIpc) is 2.57. The van der Waals surface area contributed by atoms with Gasteiger partial charge in [-0.25, -0.2) is 0 Å². The first-order chi connectivity index (χ1) is 8.70. The summed E-state index contributed by atoms with van der Waals surface area (Å²) in [6.07, 6.45) is 10.4. The summed E-state index contributed by atoms with van der Waals surface area (Å²) in [5, 5.41) is 0. The lowest BCUT2D eigenvalue weighted by Crippen LogP contribution is -2.40. The highest BCUT2D eigenvalue weighted by molar-refractivity contribution is 4.88. The molecule has 0 aromatic rings. The molecule has 1 aliphatic heterocycles. The molecule has 2 aliphatic rings. The van der Waals surface area contributed by atoms with E-state index in [0.29, 0.717) is 0 Å². The normalized spacial score (nSPS) is 32.7. The lowest BCUT2D eigenvalue weighted by atomic mass is 9.74. The highest BCUT2D eigenvalue weighted by Gasteiger charge is 2.35. The Morgan fingerprint density at radius 2 is 1.50 bits per heavy atom. The monoisotopic (exact) mass is 255 g/mol. The Morgan fingerprint density at radius 1 is 0.889 bits per heavy atom. The number of hydrogen-bond donors (Lipinski definition) is 0. The highest BCUT2D eigenvalue weighted by Crippen LogP contribution is 2.42. The SMILES string of the molecule is CC.CC.CC1CCCC2(CCCN(C)C2)CC1. The molecule has 2 unspecified atom stereocenters. The molecule has 1 saturated carbocycles. The van der Waals surface area contributed by atoms with Gasteiger partial charge in [-0.05, 0) is 50.6 Å². The number of nitrogens with zero attached hydrogens (tertiary/aromatic N) is 1. The van der Waals surface area contributed by atoms with Crippen molar-refractivity contribution in [3.05, 3.63) is 0 Å². The molecule has 2 atom stereocenters. The Hall–Kier alpha value is -0.0400. The van der Waals surface area contributed by atoms with E-state index in [1.165, 1.54) is 58.0 Å². The largest absolute Gasteiger partial charge is 0.306 e. The maximum atomic E-state index is 2.56. The van der Waals surface area contributed by atoms with Crippen molar-refractivity contribution in [3.63, 3.8) is 0 Å². The van der Waals surface area contributed by atoms with Gasteiger partial charge in [-0.2, -0.15) is 0 Å². The zero-order valence-electron chi connectivity index (χ0n) is 13.9. The average molecular weight is 255 g/mol. The van der Waals surface area contributed by atoms with Crippen molar-refractivity contribution in [1.82, 2.24) is 4.90 Å². The third-order valence-corrected chi connectivity index (χ3v) is 4.42. The Balaban J connectivity index is 0.000000659. The third-order valence-electron chi connectivity index (χ3n) is 4.42. The van der Waals surface area contributed by atoms with E-state index < -0.39 is 0 Å². The third kappa shape index (κ3) is 5.73. The number of rotatable bonds is 0. The van der Waals surface area contributed by atoms with E-state index in [-0.39, 0.29) is 0 Å². The quantitative estimate of drug-likeness (QED) is 0.564. The molecule has 0 N–H and O–H groups in total. The number of likely N-dealkylation sites (tertiary alicyclic amines) is 1. The summed E-state index contributed by atoms with van der Waals surface area (Å²) in [5.41, 5.74) is 0.720. The van der Waals surface area contributed by atoms with E-state index >= 15 is 0 Å². The second kappa shape index (κ2) is 9.83. The fourth-order valence-corrected chi connectivity index (χ4v) is 3.51. The lowest BCUT2D eigenvalue weighted by Gasteiger charge is -2.41. The standard InChI is InChI=1S/C13H25N.2C2H6/c1-12-5-3-7-13(9-6-12)8-4-10-14(2)11-13;2*1-2/h12H,3-11H2,1-2H3;2*1-2H3. The molecular weight excluding hydrogens is 218 g/mol. The number of piperidine rings is 1. The molecule has 1 nitrogen and oxygen atoms in total. The minimum absolute atomic E-state index is 0.720. The first-order valence-electron chi connectivity index (χ1n) is 8.39. The van der Waals surface area contributed by atoms with Gasteiger partial charge in [0.05, 0.1) is 0 Å². The summed E-state index contributed by atoms with van der Waals surface area (Å²) in [6.45, 7) is 13.1. The summed E-state index contributed by atoms with van der Waals surface area (Å²) in [7, 11) is 2.30. The molecule has 0 aromatic heterocycles. The van der Waals surface area contributed by atoms with Gasteiger partial charge in [0.2, 0.25) is 0 Å². The summed E-state index contributed by atoms with van der Waals surface area (Å²) in [6, 6.07) is 0. The fraction of sp³-hybridized carbons (Fsp3) is 1.00. The van der Waals surface area contributed by atoms with E-state index in [0.717, 1.165) is 11.3 Å². The summed E-state index contributed by atoms with van der Waals surface area (Å²) >= 11 is 0. The Kier molecular flexibility index (Phi) is 9.81. The van der Waals surface area contributed by atoms with Crippen LogP contribution >= 0.6 is 0 Å². The second-order valence-corrected chi connectivity index (χ2v) is 5.88. The van der Waals surface area contributed by atoms with Crippen molar-refractivity contribution >= 4 is 0 Å². The molecule has 2 rings (SSSR count). The maximum Gasteiger partial charge on any atom is 0.00349 e. The smallest absolute Gasteiger partial charge is 0.00349 e. The lowest BCUT2D eigenvalue weighted by molar-refractivity contribution is 0.0909. The van der Waals surface area contributed by atoms with Crippen molar-refractivity contribution < 1.29 is 0 Å². The molecule has 0 amide bonds. The molecule has 0 aromatic carbocycles. The molecule has 1 spiro atoms. The molecule has 2 fully saturated rings. The summed E-state index contributed by atoms with van der Waals surface area (Å²) in [4.78, 5) is 2.56. The maximum absolute atomic E-state index is 2.56. The van der Waals surface area contributed by atoms with Gasteiger partial charge < -0.3 is 4.90 Å². The molecular formula is C17H37N. The van der Waals surface area contributed by atoms with Crippen LogP contribution in [0, 0.1) is 11.3 Å². The van der Waals surface area contributed by atoms with E-state index in [1.807, 2.05) is 27.7 Å². The van der Waals surface area contributed by atoms with Crippen LogP contribution in [0.3, 0.4) is 0 Å². The van der Waals surface area contributed by atoms with Crippen molar-refractivity contribution in [1.29, 1.82) is 0 Å². The van der Waals surface area contributed by atoms with Crippen molar-refractivity contribution in [3.8, 4) is 0 Å². The van der Waals surface area contributed by atoms with Crippen LogP contribution in [0.25, 0.3) is 0 Å². The first-order valence-corrected chi connectivity index (χ1v) is 8.39. The van der Waals surface area contributed by atoms with Crippen molar-refractivity contribution in [2.45, 2.75) is 79.6 Å². The van der Waals surface area contributed by atoms with E-state index in [1.54, 1.807) is 0 Å². The molecule has 18 heavy (non-hydrogen) atoms. The highest BCUT2D eigenvalue weighted by atomic mass is 15.1. The molecule has 0 radical (unpaired) electrons. The van der Waals surface area contributed by atoms with Gasteiger partial charge >= 0.3 is 0 Å². The minimum Gasteiger partial charge on any atom is -0.306 e. The molecule has 0 bridgehead atoms. The Bertz CT molecular complexity index is 190. The van der Waals surface area contributed by atoms with Crippen LogP contribution in [0.15, 0.2) is 0 Å². The molecule has 1 heteroatoms. The molecule has 1 aliphatic carbocycles. The van der Waals surface area contributed by atoms with Crippen LogP contribution in [0.4, 0.5) is 0 Å². The van der Waals surface area contributed by atoms with Gasteiger partial charge in [-0.1, -0.05) is 53.9 Å². The molecule has 1 heterocycles. The summed E-state index contributed by atoms with van der Waals surface area (Å²) in [5.74, 6) is 0.988. The van der Waals surface area contributed by atoms with Crippen LogP contribution in [-0.2, 0) is 0 Å². The Morgan fingerprint density at radius 3 is 2.11 bits per heavy atom. The number of hydrogen-bond acceptors (Lipinski definition) is 1. The predicted molar refractivity (Wildman–Crippen MR) is 84.1 cm³/mol. The predicted octanol–water partition coefficient (Wildman–Crippen LogP) is 5.35. The van der Waals surface area contributed by atoms with Gasteiger partial charge in [-0.3, -0.25) is 0 Å². The first kappa shape index (κ1) is 18.0. The Labute approximate surface area is 116 Å². The molecule has 110 valence electrons. The zero-order chi connectivity index (χ0) is 14.0.